The first-order valence-electron chi connectivity index (χ1n) is 10.00. The van der Waals surface area contributed by atoms with E-state index in [9.17, 15) is 8.78 Å². The van der Waals surface area contributed by atoms with Gasteiger partial charge in [0, 0.05) is 56.7 Å². The van der Waals surface area contributed by atoms with Gasteiger partial charge < -0.3 is 4.90 Å². The largest absolute Gasteiger partial charge is 0.354 e. The quantitative estimate of drug-likeness (QED) is 0.741. The number of benzene rings is 2. The van der Waals surface area contributed by atoms with E-state index in [-0.39, 0.29) is 5.56 Å². The van der Waals surface area contributed by atoms with Gasteiger partial charge in [-0.2, -0.15) is 0 Å². The number of hydrogen-bond acceptors (Lipinski definition) is 3. The molecule has 0 aliphatic carbocycles. The molecule has 2 aromatic carbocycles. The summed E-state index contributed by atoms with van der Waals surface area (Å²) in [7, 11) is 0. The van der Waals surface area contributed by atoms with Crippen molar-refractivity contribution >= 4 is 11.5 Å². The highest BCUT2D eigenvalue weighted by molar-refractivity contribution is 6.02. The molecule has 2 aromatic rings. The number of rotatable bonds is 2. The number of fused-ring (bicyclic) bond motifs is 2. The molecule has 0 bridgehead atoms. The van der Waals surface area contributed by atoms with E-state index in [1.807, 2.05) is 18.2 Å². The van der Waals surface area contributed by atoms with Gasteiger partial charge in [0.25, 0.3) is 5.92 Å². The third-order valence-corrected chi connectivity index (χ3v) is 5.80. The summed E-state index contributed by atoms with van der Waals surface area (Å²) in [5.41, 5.74) is 3.99. The summed E-state index contributed by atoms with van der Waals surface area (Å²) in [5, 5.41) is 0. The molecular weight excluding hydrogens is 356 g/mol. The van der Waals surface area contributed by atoms with Gasteiger partial charge in [-0.05, 0) is 31.0 Å². The molecule has 0 amide bonds. The minimum Gasteiger partial charge on any atom is -0.354 e. The average Bonchev–Trinajstić information content (AvgIpc) is 2.83. The van der Waals surface area contributed by atoms with E-state index in [0.29, 0.717) is 18.2 Å². The second-order valence-electron chi connectivity index (χ2n) is 8.12. The maximum absolute atomic E-state index is 13.9. The van der Waals surface area contributed by atoms with Gasteiger partial charge in [0.05, 0.1) is 5.69 Å². The van der Waals surface area contributed by atoms with E-state index in [4.69, 9.17) is 4.99 Å². The van der Waals surface area contributed by atoms with E-state index in [1.165, 1.54) is 11.6 Å². The Balaban J connectivity index is 1.76. The van der Waals surface area contributed by atoms with Crippen LogP contribution in [0.4, 0.5) is 14.5 Å². The predicted octanol–water partition coefficient (Wildman–Crippen LogP) is 4.81. The molecule has 2 aliphatic heterocycles. The van der Waals surface area contributed by atoms with Crippen molar-refractivity contribution in [3.8, 4) is 0 Å². The Kier molecular flexibility index (Phi) is 4.96. The van der Waals surface area contributed by atoms with Crippen molar-refractivity contribution < 1.29 is 8.78 Å². The van der Waals surface area contributed by atoms with Crippen LogP contribution in [-0.4, -0.2) is 47.9 Å². The second-order valence-corrected chi connectivity index (χ2v) is 8.12. The van der Waals surface area contributed by atoms with Crippen molar-refractivity contribution in [3.63, 3.8) is 0 Å². The molecule has 1 fully saturated rings. The zero-order chi connectivity index (χ0) is 19.9. The lowest BCUT2D eigenvalue weighted by Crippen LogP contribution is -2.51. The topological polar surface area (TPSA) is 18.8 Å². The highest BCUT2D eigenvalue weighted by Gasteiger charge is 2.28. The smallest absolute Gasteiger partial charge is 0.270 e. The van der Waals surface area contributed by atoms with Crippen LogP contribution in [0.1, 0.15) is 43.0 Å². The number of hydrogen-bond donors (Lipinski definition) is 0. The van der Waals surface area contributed by atoms with Gasteiger partial charge in [0.1, 0.15) is 5.84 Å². The summed E-state index contributed by atoms with van der Waals surface area (Å²) in [6, 6.07) is 13.7. The van der Waals surface area contributed by atoms with Crippen LogP contribution in [0.2, 0.25) is 0 Å². The number of aliphatic imine (C=N–C) groups is 1. The number of alkyl halides is 2. The molecule has 0 saturated carbocycles. The van der Waals surface area contributed by atoms with E-state index in [2.05, 4.69) is 35.8 Å². The van der Waals surface area contributed by atoms with Crippen LogP contribution < -0.4 is 0 Å². The fraction of sp³-hybridized carbons (Fsp3) is 0.435. The van der Waals surface area contributed by atoms with Crippen LogP contribution in [-0.2, 0) is 12.3 Å². The number of halogens is 2. The first kappa shape index (κ1) is 19.1. The second kappa shape index (κ2) is 7.28. The van der Waals surface area contributed by atoms with Crippen LogP contribution in [0.3, 0.4) is 0 Å². The van der Waals surface area contributed by atoms with Crippen LogP contribution in [0.5, 0.6) is 0 Å². The molecule has 0 spiro atoms. The molecular formula is C23H27F2N3. The summed E-state index contributed by atoms with van der Waals surface area (Å²) in [6.07, 6.45) is 0.708. The first-order valence-corrected chi connectivity index (χ1v) is 10.00. The van der Waals surface area contributed by atoms with Crippen molar-refractivity contribution in [1.29, 1.82) is 0 Å². The summed E-state index contributed by atoms with van der Waals surface area (Å²) in [4.78, 5) is 9.71. The highest BCUT2D eigenvalue weighted by Crippen LogP contribution is 2.35. The Morgan fingerprint density at radius 2 is 1.68 bits per heavy atom. The van der Waals surface area contributed by atoms with Crippen LogP contribution >= 0.6 is 0 Å². The third-order valence-electron chi connectivity index (χ3n) is 5.80. The van der Waals surface area contributed by atoms with Gasteiger partial charge in [-0.3, -0.25) is 4.90 Å². The molecule has 0 radical (unpaired) electrons. The van der Waals surface area contributed by atoms with Crippen molar-refractivity contribution in [2.75, 3.05) is 26.2 Å². The molecule has 0 unspecified atom stereocenters. The fourth-order valence-electron chi connectivity index (χ4n) is 4.05. The monoisotopic (exact) mass is 383 g/mol. The molecule has 0 atom stereocenters. The van der Waals surface area contributed by atoms with Gasteiger partial charge in [-0.15, -0.1) is 0 Å². The summed E-state index contributed by atoms with van der Waals surface area (Å²) >= 11 is 0. The Labute approximate surface area is 165 Å². The minimum absolute atomic E-state index is 0.0185. The van der Waals surface area contributed by atoms with Gasteiger partial charge >= 0.3 is 0 Å². The molecule has 0 aromatic heterocycles. The fourth-order valence-corrected chi connectivity index (χ4v) is 4.05. The minimum atomic E-state index is -2.87. The molecule has 2 heterocycles. The predicted molar refractivity (Wildman–Crippen MR) is 110 cm³/mol. The number of nitrogens with zero attached hydrogens (tertiary/aromatic N) is 3. The maximum Gasteiger partial charge on any atom is 0.270 e. The highest BCUT2D eigenvalue weighted by atomic mass is 19.3. The first-order chi connectivity index (χ1) is 13.3. The Morgan fingerprint density at radius 1 is 0.964 bits per heavy atom. The molecule has 1 saturated heterocycles. The molecule has 3 nitrogen and oxygen atoms in total. The SMILES string of the molecule is CC(C)N1CCN(C2=Nc3cc(C(C)(F)F)ccc3Cc3ccccc32)CC1. The number of piperazine rings is 1. The lowest BCUT2D eigenvalue weighted by molar-refractivity contribution is 0.0175. The van der Waals surface area contributed by atoms with Crippen molar-refractivity contribution in [2.45, 2.75) is 39.2 Å². The summed E-state index contributed by atoms with van der Waals surface area (Å²) in [6.45, 7) is 9.13. The van der Waals surface area contributed by atoms with E-state index < -0.39 is 5.92 Å². The van der Waals surface area contributed by atoms with Crippen molar-refractivity contribution in [3.05, 3.63) is 64.7 Å². The van der Waals surface area contributed by atoms with Crippen LogP contribution in [0.25, 0.3) is 0 Å². The summed E-state index contributed by atoms with van der Waals surface area (Å²) < 4.78 is 27.8. The zero-order valence-corrected chi connectivity index (χ0v) is 16.8. The molecule has 0 N–H and O–H groups in total. The normalized spacial score (nSPS) is 17.8. The van der Waals surface area contributed by atoms with Gasteiger partial charge in [0.15, 0.2) is 0 Å². The van der Waals surface area contributed by atoms with E-state index in [0.717, 1.165) is 50.1 Å². The zero-order valence-electron chi connectivity index (χ0n) is 16.8. The lowest BCUT2D eigenvalue weighted by Gasteiger charge is -2.38. The van der Waals surface area contributed by atoms with Crippen LogP contribution in [0.15, 0.2) is 47.5 Å². The average molecular weight is 383 g/mol. The Hall–Kier alpha value is -2.27. The van der Waals surface area contributed by atoms with Crippen molar-refractivity contribution in [2.24, 2.45) is 4.99 Å². The summed E-state index contributed by atoms with van der Waals surface area (Å²) in [5.74, 6) is -1.96. The van der Waals surface area contributed by atoms with Crippen molar-refractivity contribution in [1.82, 2.24) is 9.80 Å². The number of amidine groups is 1. The third kappa shape index (κ3) is 3.68. The molecule has 4 rings (SSSR count). The van der Waals surface area contributed by atoms with Crippen LogP contribution in [0, 0.1) is 0 Å². The molecule has 2 aliphatic rings. The Bertz CT molecular complexity index is 891. The van der Waals surface area contributed by atoms with E-state index in [1.54, 1.807) is 6.07 Å². The van der Waals surface area contributed by atoms with Gasteiger partial charge in [-0.1, -0.05) is 36.4 Å². The van der Waals surface area contributed by atoms with E-state index >= 15 is 0 Å². The molecule has 28 heavy (non-hydrogen) atoms. The lowest BCUT2D eigenvalue weighted by atomic mass is 9.97. The van der Waals surface area contributed by atoms with Gasteiger partial charge in [0.2, 0.25) is 0 Å². The molecule has 5 heteroatoms. The van der Waals surface area contributed by atoms with Gasteiger partial charge in [-0.25, -0.2) is 13.8 Å². The molecule has 148 valence electrons. The maximum atomic E-state index is 13.9. The standard InChI is InChI=1S/C23H27F2N3/c1-16(2)27-10-12-28(13-11-27)22-20-7-5-4-6-17(20)14-18-8-9-19(23(3,24)25)15-21(18)26-22/h4-9,15-16H,10-14H2,1-3H3. The Morgan fingerprint density at radius 3 is 2.36 bits per heavy atom.